The van der Waals surface area contributed by atoms with Crippen molar-refractivity contribution in [1.29, 1.82) is 0 Å². The first kappa shape index (κ1) is 17.5. The third kappa shape index (κ3) is 3.80. The normalized spacial score (nSPS) is 13.3. The van der Waals surface area contributed by atoms with Crippen LogP contribution in [0.1, 0.15) is 12.0 Å². The molecule has 1 aromatic heterocycles. The van der Waals surface area contributed by atoms with Crippen molar-refractivity contribution in [3.63, 3.8) is 0 Å². The average Bonchev–Trinajstić information content (AvgIpc) is 2.90. The van der Waals surface area contributed by atoms with Gasteiger partial charge < -0.3 is 9.47 Å². The largest absolute Gasteiger partial charge is 0.490 e. The molecule has 0 fully saturated rings. The molecule has 3 aromatic rings. The highest BCUT2D eigenvalue weighted by Gasteiger charge is 2.13. The monoisotopic (exact) mass is 386 g/mol. The van der Waals surface area contributed by atoms with Gasteiger partial charge in [-0.25, -0.2) is 9.07 Å². The van der Waals surface area contributed by atoms with Crippen LogP contribution in [-0.2, 0) is 6.54 Å². The van der Waals surface area contributed by atoms with Crippen molar-refractivity contribution in [3.05, 3.63) is 75.3 Å². The van der Waals surface area contributed by atoms with Gasteiger partial charge in [0.1, 0.15) is 5.82 Å². The van der Waals surface area contributed by atoms with Crippen LogP contribution < -0.4 is 15.0 Å². The SMILES string of the molecule is O=c1ccc(-c2ccc3c(c2)OCCCO3)nn1Cc1ccc(F)cc1Cl. The van der Waals surface area contributed by atoms with Crippen LogP contribution in [0, 0.1) is 5.82 Å². The molecule has 138 valence electrons. The molecule has 5 nitrogen and oxygen atoms in total. The lowest BCUT2D eigenvalue weighted by atomic mass is 10.1. The van der Waals surface area contributed by atoms with Gasteiger partial charge in [0.05, 0.1) is 25.5 Å². The fourth-order valence-corrected chi connectivity index (χ4v) is 3.08. The highest BCUT2D eigenvalue weighted by atomic mass is 35.5. The Labute approximate surface area is 159 Å². The molecule has 0 bridgehead atoms. The highest BCUT2D eigenvalue weighted by Crippen LogP contribution is 2.33. The van der Waals surface area contributed by atoms with Crippen molar-refractivity contribution < 1.29 is 13.9 Å². The van der Waals surface area contributed by atoms with E-state index in [2.05, 4.69) is 5.10 Å². The summed E-state index contributed by atoms with van der Waals surface area (Å²) < 4.78 is 25.9. The zero-order valence-electron chi connectivity index (χ0n) is 14.3. The summed E-state index contributed by atoms with van der Waals surface area (Å²) in [7, 11) is 0. The molecule has 0 spiro atoms. The van der Waals surface area contributed by atoms with Crippen LogP contribution in [0.4, 0.5) is 4.39 Å². The molecule has 4 rings (SSSR count). The summed E-state index contributed by atoms with van der Waals surface area (Å²) >= 11 is 6.07. The molecular weight excluding hydrogens is 371 g/mol. The summed E-state index contributed by atoms with van der Waals surface area (Å²) in [6.45, 7) is 1.36. The Morgan fingerprint density at radius 3 is 2.67 bits per heavy atom. The van der Waals surface area contributed by atoms with Gasteiger partial charge in [-0.1, -0.05) is 17.7 Å². The Morgan fingerprint density at radius 1 is 1.04 bits per heavy atom. The Bertz CT molecular complexity index is 1050. The van der Waals surface area contributed by atoms with Crippen LogP contribution in [-0.4, -0.2) is 23.0 Å². The van der Waals surface area contributed by atoms with Crippen molar-refractivity contribution in [2.45, 2.75) is 13.0 Å². The van der Waals surface area contributed by atoms with Crippen molar-refractivity contribution >= 4 is 11.6 Å². The van der Waals surface area contributed by atoms with E-state index in [9.17, 15) is 9.18 Å². The van der Waals surface area contributed by atoms with Crippen molar-refractivity contribution in [3.8, 4) is 22.8 Å². The van der Waals surface area contributed by atoms with Crippen LogP contribution >= 0.6 is 11.6 Å². The van der Waals surface area contributed by atoms with Gasteiger partial charge in [-0.05, 0) is 42.0 Å². The zero-order valence-corrected chi connectivity index (χ0v) is 15.1. The molecule has 1 aliphatic heterocycles. The fraction of sp³-hybridized carbons (Fsp3) is 0.200. The van der Waals surface area contributed by atoms with E-state index in [0.717, 1.165) is 12.0 Å². The lowest BCUT2D eigenvalue weighted by Gasteiger charge is -2.11. The molecule has 0 aliphatic carbocycles. The van der Waals surface area contributed by atoms with Crippen molar-refractivity contribution in [1.82, 2.24) is 9.78 Å². The first-order valence-electron chi connectivity index (χ1n) is 8.52. The minimum absolute atomic E-state index is 0.149. The third-order valence-corrected chi connectivity index (χ3v) is 4.60. The third-order valence-electron chi connectivity index (χ3n) is 4.25. The Hall–Kier alpha value is -2.86. The maximum atomic E-state index is 13.2. The number of benzene rings is 2. The van der Waals surface area contributed by atoms with E-state index in [1.165, 1.54) is 22.9 Å². The van der Waals surface area contributed by atoms with E-state index in [0.29, 0.717) is 36.0 Å². The molecule has 1 aliphatic rings. The Balaban J connectivity index is 1.68. The lowest BCUT2D eigenvalue weighted by Crippen LogP contribution is -2.23. The quantitative estimate of drug-likeness (QED) is 0.684. The molecule has 2 heterocycles. The number of nitrogens with zero attached hydrogens (tertiary/aromatic N) is 2. The summed E-state index contributed by atoms with van der Waals surface area (Å²) in [4.78, 5) is 12.2. The molecule has 0 unspecified atom stereocenters. The highest BCUT2D eigenvalue weighted by molar-refractivity contribution is 6.31. The van der Waals surface area contributed by atoms with Gasteiger partial charge in [0.25, 0.3) is 5.56 Å². The second-order valence-electron chi connectivity index (χ2n) is 6.16. The Morgan fingerprint density at radius 2 is 1.85 bits per heavy atom. The topological polar surface area (TPSA) is 53.4 Å². The number of fused-ring (bicyclic) bond motifs is 1. The van der Waals surface area contributed by atoms with E-state index in [1.807, 2.05) is 18.2 Å². The molecule has 0 atom stereocenters. The van der Waals surface area contributed by atoms with E-state index in [4.69, 9.17) is 21.1 Å². The van der Waals surface area contributed by atoms with Gasteiger partial charge in [-0.3, -0.25) is 4.79 Å². The number of hydrogen-bond acceptors (Lipinski definition) is 4. The van der Waals surface area contributed by atoms with E-state index in [1.54, 1.807) is 12.1 Å². The smallest absolute Gasteiger partial charge is 0.267 e. The van der Waals surface area contributed by atoms with Gasteiger partial charge in [0, 0.05) is 23.1 Å². The molecule has 0 N–H and O–H groups in total. The first-order chi connectivity index (χ1) is 13.1. The van der Waals surface area contributed by atoms with E-state index in [-0.39, 0.29) is 17.1 Å². The van der Waals surface area contributed by atoms with Gasteiger partial charge in [0.2, 0.25) is 0 Å². The maximum Gasteiger partial charge on any atom is 0.267 e. The van der Waals surface area contributed by atoms with Gasteiger partial charge in [0.15, 0.2) is 11.5 Å². The molecular formula is C20H16ClFN2O3. The predicted octanol–water partition coefficient (Wildman–Crippen LogP) is 3.91. The minimum Gasteiger partial charge on any atom is -0.490 e. The van der Waals surface area contributed by atoms with Crippen molar-refractivity contribution in [2.75, 3.05) is 13.2 Å². The lowest BCUT2D eigenvalue weighted by molar-refractivity contribution is 0.297. The zero-order chi connectivity index (χ0) is 18.8. The molecule has 0 saturated carbocycles. The summed E-state index contributed by atoms with van der Waals surface area (Å²) in [6, 6.07) is 12.7. The van der Waals surface area contributed by atoms with E-state index < -0.39 is 5.82 Å². The Kier molecular flexibility index (Phi) is 4.81. The fourth-order valence-electron chi connectivity index (χ4n) is 2.85. The van der Waals surface area contributed by atoms with Crippen LogP contribution in [0.2, 0.25) is 5.02 Å². The number of halogens is 2. The molecule has 0 radical (unpaired) electrons. The maximum absolute atomic E-state index is 13.2. The number of rotatable bonds is 3. The average molecular weight is 387 g/mol. The molecule has 7 heteroatoms. The summed E-state index contributed by atoms with van der Waals surface area (Å²) in [6.07, 6.45) is 0.825. The molecule has 0 amide bonds. The summed E-state index contributed by atoms with van der Waals surface area (Å²) in [5.74, 6) is 0.929. The first-order valence-corrected chi connectivity index (χ1v) is 8.90. The number of ether oxygens (including phenoxy) is 2. The minimum atomic E-state index is -0.426. The van der Waals surface area contributed by atoms with Crippen molar-refractivity contribution in [2.24, 2.45) is 0 Å². The second-order valence-corrected chi connectivity index (χ2v) is 6.57. The van der Waals surface area contributed by atoms with Crippen LogP contribution in [0.5, 0.6) is 11.5 Å². The number of hydrogen-bond donors (Lipinski definition) is 0. The standard InChI is InChI=1S/C20H16ClFN2O3/c21-16-11-15(22)4-2-14(16)12-24-20(25)7-5-17(23-24)13-3-6-18-19(10-13)27-9-1-8-26-18/h2-7,10-11H,1,8-9,12H2. The van der Waals surface area contributed by atoms with Gasteiger partial charge in [-0.2, -0.15) is 5.10 Å². The molecule has 2 aromatic carbocycles. The van der Waals surface area contributed by atoms with Crippen LogP contribution in [0.3, 0.4) is 0 Å². The number of aromatic nitrogens is 2. The summed E-state index contributed by atoms with van der Waals surface area (Å²) in [5, 5.41) is 4.68. The van der Waals surface area contributed by atoms with E-state index >= 15 is 0 Å². The summed E-state index contributed by atoms with van der Waals surface area (Å²) in [5.41, 5.74) is 1.76. The predicted molar refractivity (Wildman–Crippen MR) is 100 cm³/mol. The second kappa shape index (κ2) is 7.40. The van der Waals surface area contributed by atoms with Gasteiger partial charge in [-0.15, -0.1) is 0 Å². The van der Waals surface area contributed by atoms with Crippen LogP contribution in [0.15, 0.2) is 53.3 Å². The van der Waals surface area contributed by atoms with Crippen LogP contribution in [0.25, 0.3) is 11.3 Å². The molecule has 0 saturated heterocycles. The van der Waals surface area contributed by atoms with Gasteiger partial charge >= 0.3 is 0 Å². The molecule has 27 heavy (non-hydrogen) atoms.